The van der Waals surface area contributed by atoms with Crippen LogP contribution in [0.15, 0.2) is 30.3 Å². The Balaban J connectivity index is 2.08. The average molecular weight is 288 g/mol. The van der Waals surface area contributed by atoms with Crippen LogP contribution in [0.2, 0.25) is 0 Å². The van der Waals surface area contributed by atoms with Crippen LogP contribution in [-0.4, -0.2) is 29.2 Å². The summed E-state index contributed by atoms with van der Waals surface area (Å²) in [5.74, 6) is -0.329. The van der Waals surface area contributed by atoms with Crippen LogP contribution in [-0.2, 0) is 0 Å². The van der Waals surface area contributed by atoms with E-state index in [0.717, 1.165) is 11.3 Å². The van der Waals surface area contributed by atoms with Crippen LogP contribution in [0.3, 0.4) is 0 Å². The smallest absolute Gasteiger partial charge is 0.214 e. The maximum Gasteiger partial charge on any atom is 0.214 e. The van der Waals surface area contributed by atoms with Gasteiger partial charge in [-0.05, 0) is 30.3 Å². The number of rotatable bonds is 2. The summed E-state index contributed by atoms with van der Waals surface area (Å²) in [6.07, 6.45) is 0. The maximum atomic E-state index is 13.1. The quantitative estimate of drug-likeness (QED) is 0.735. The molecule has 20 heavy (non-hydrogen) atoms. The Morgan fingerprint density at radius 1 is 1.15 bits per heavy atom. The third-order valence-electron chi connectivity index (χ3n) is 2.93. The zero-order valence-electron chi connectivity index (χ0n) is 11.0. The lowest BCUT2D eigenvalue weighted by Gasteiger charge is -2.14. The van der Waals surface area contributed by atoms with Gasteiger partial charge < -0.3 is 10.0 Å². The Hall–Kier alpha value is -2.21. The van der Waals surface area contributed by atoms with Crippen molar-refractivity contribution in [2.45, 2.75) is 0 Å². The second-order valence-corrected chi connectivity index (χ2v) is 5.55. The molecule has 0 aliphatic heterocycles. The van der Waals surface area contributed by atoms with Gasteiger partial charge in [-0.2, -0.15) is 4.39 Å². The molecule has 0 radical (unpaired) electrons. The number of halogens is 1. The van der Waals surface area contributed by atoms with Gasteiger partial charge >= 0.3 is 0 Å². The van der Waals surface area contributed by atoms with Crippen molar-refractivity contribution in [3.05, 3.63) is 36.3 Å². The lowest BCUT2D eigenvalue weighted by atomic mass is 10.2. The summed E-state index contributed by atoms with van der Waals surface area (Å²) in [5.41, 5.74) is 2.18. The number of phenols is 1. The van der Waals surface area contributed by atoms with Gasteiger partial charge in [-0.15, -0.1) is 0 Å². The first-order chi connectivity index (χ1) is 9.54. The third-order valence-corrected chi connectivity index (χ3v) is 3.94. The number of anilines is 1. The third kappa shape index (κ3) is 2.18. The second-order valence-electron chi connectivity index (χ2n) is 4.58. The molecule has 0 fully saturated rings. The number of benzene rings is 1. The van der Waals surface area contributed by atoms with Gasteiger partial charge in [0.15, 0.2) is 0 Å². The van der Waals surface area contributed by atoms with E-state index in [1.807, 2.05) is 31.1 Å². The van der Waals surface area contributed by atoms with Crippen LogP contribution in [0.25, 0.3) is 20.9 Å². The fraction of sp³-hybridized carbons (Fsp3) is 0.143. The van der Waals surface area contributed by atoms with E-state index in [-0.39, 0.29) is 5.75 Å². The molecular weight excluding hydrogens is 276 g/mol. The van der Waals surface area contributed by atoms with Crippen molar-refractivity contribution in [2.24, 2.45) is 0 Å². The number of thiazole rings is 1. The number of pyridine rings is 1. The summed E-state index contributed by atoms with van der Waals surface area (Å²) in [6, 6.07) is 8.25. The van der Waals surface area contributed by atoms with E-state index < -0.39 is 5.95 Å². The largest absolute Gasteiger partial charge is 0.506 e. The molecule has 0 spiro atoms. The Bertz CT molecular complexity index is 785. The summed E-state index contributed by atoms with van der Waals surface area (Å²) < 4.78 is 13.1. The molecular formula is C14H12FN3OS. The van der Waals surface area contributed by atoms with Crippen LogP contribution < -0.4 is 4.90 Å². The molecule has 2 aromatic heterocycles. The van der Waals surface area contributed by atoms with Crippen LogP contribution in [0.1, 0.15) is 0 Å². The van der Waals surface area contributed by atoms with E-state index in [1.165, 1.54) is 17.4 Å². The van der Waals surface area contributed by atoms with Gasteiger partial charge in [-0.25, -0.2) is 9.97 Å². The van der Waals surface area contributed by atoms with Crippen molar-refractivity contribution in [1.82, 2.24) is 9.97 Å². The molecule has 0 aliphatic carbocycles. The Kier molecular flexibility index (Phi) is 3.02. The molecule has 3 rings (SSSR count). The zero-order valence-corrected chi connectivity index (χ0v) is 11.8. The highest BCUT2D eigenvalue weighted by atomic mass is 32.1. The van der Waals surface area contributed by atoms with E-state index in [2.05, 4.69) is 9.97 Å². The van der Waals surface area contributed by atoms with Crippen molar-refractivity contribution in [3.8, 4) is 16.3 Å². The molecule has 0 aliphatic rings. The minimum Gasteiger partial charge on any atom is -0.506 e. The number of aromatic hydroxyl groups is 1. The summed E-state index contributed by atoms with van der Waals surface area (Å²) in [4.78, 5) is 10.6. The summed E-state index contributed by atoms with van der Waals surface area (Å²) >= 11 is 1.30. The molecule has 1 N–H and O–H groups in total. The Morgan fingerprint density at radius 2 is 1.95 bits per heavy atom. The number of hydrogen-bond acceptors (Lipinski definition) is 5. The molecule has 6 heteroatoms. The minimum atomic E-state index is -0.515. The Morgan fingerprint density at radius 3 is 2.65 bits per heavy atom. The van der Waals surface area contributed by atoms with Crippen LogP contribution >= 0.6 is 11.3 Å². The predicted octanol–water partition coefficient (Wildman–Crippen LogP) is 3.27. The molecule has 1 aromatic carbocycles. The van der Waals surface area contributed by atoms with E-state index >= 15 is 0 Å². The number of nitrogens with zero attached hydrogens (tertiary/aromatic N) is 3. The first-order valence-electron chi connectivity index (χ1n) is 5.98. The maximum absolute atomic E-state index is 13.1. The van der Waals surface area contributed by atoms with Crippen LogP contribution in [0.4, 0.5) is 10.1 Å². The van der Waals surface area contributed by atoms with Gasteiger partial charge in [0.2, 0.25) is 5.95 Å². The van der Waals surface area contributed by atoms with Gasteiger partial charge in [-0.3, -0.25) is 0 Å². The summed E-state index contributed by atoms with van der Waals surface area (Å²) in [5, 5.41) is 10.7. The van der Waals surface area contributed by atoms with Crippen molar-refractivity contribution < 1.29 is 9.50 Å². The summed E-state index contributed by atoms with van der Waals surface area (Å²) in [7, 11) is 3.72. The van der Waals surface area contributed by atoms with Gasteiger partial charge in [0.05, 0.1) is 5.69 Å². The standard InChI is InChI=1S/C14H12FN3OS/c1-18(2)10-5-3-8(7-11(10)19)13-16-9-4-6-12(15)17-14(9)20-13/h3-7,19H,1-2H3/i15-1. The van der Waals surface area contributed by atoms with Gasteiger partial charge in [0, 0.05) is 19.7 Å². The molecule has 0 saturated heterocycles. The monoisotopic (exact) mass is 288 g/mol. The molecule has 0 unspecified atom stereocenters. The van der Waals surface area contributed by atoms with Crippen molar-refractivity contribution >= 4 is 27.4 Å². The average Bonchev–Trinajstić information content (AvgIpc) is 2.81. The number of phenolic OH excluding ortho intramolecular Hbond substituents is 1. The normalized spacial score (nSPS) is 10.9. The zero-order chi connectivity index (χ0) is 14.3. The fourth-order valence-corrected chi connectivity index (χ4v) is 2.88. The van der Waals surface area contributed by atoms with Crippen LogP contribution in [0, 0.1) is 5.95 Å². The summed E-state index contributed by atoms with van der Waals surface area (Å²) in [6.45, 7) is 0. The number of fused-ring (bicyclic) bond motifs is 1. The second kappa shape index (κ2) is 4.72. The molecule has 0 saturated carbocycles. The van der Waals surface area contributed by atoms with E-state index in [4.69, 9.17) is 0 Å². The molecule has 0 atom stereocenters. The molecule has 0 bridgehead atoms. The van der Waals surface area contributed by atoms with Crippen molar-refractivity contribution in [2.75, 3.05) is 19.0 Å². The molecule has 102 valence electrons. The van der Waals surface area contributed by atoms with Crippen molar-refractivity contribution in [3.63, 3.8) is 0 Å². The van der Waals surface area contributed by atoms with Crippen LogP contribution in [0.5, 0.6) is 5.75 Å². The lowest BCUT2D eigenvalue weighted by molar-refractivity contribution is 0.476. The van der Waals surface area contributed by atoms with Crippen molar-refractivity contribution in [1.29, 1.82) is 0 Å². The van der Waals surface area contributed by atoms with E-state index in [1.54, 1.807) is 12.1 Å². The number of hydrogen-bond donors (Lipinski definition) is 1. The molecule has 0 amide bonds. The first kappa shape index (κ1) is 12.8. The minimum absolute atomic E-state index is 0.186. The van der Waals surface area contributed by atoms with Gasteiger partial charge in [0.1, 0.15) is 21.1 Å². The lowest BCUT2D eigenvalue weighted by Crippen LogP contribution is -2.08. The SMILES string of the molecule is CN(C)c1ccc(-c2nc3ccc([18F])nc3s2)cc1O. The molecule has 2 heterocycles. The molecule has 3 aromatic rings. The van der Waals surface area contributed by atoms with E-state index in [0.29, 0.717) is 15.4 Å². The van der Waals surface area contributed by atoms with Gasteiger partial charge in [0.25, 0.3) is 0 Å². The topological polar surface area (TPSA) is 49.2 Å². The highest BCUT2D eigenvalue weighted by molar-refractivity contribution is 7.21. The first-order valence-corrected chi connectivity index (χ1v) is 6.80. The Labute approximate surface area is 119 Å². The van der Waals surface area contributed by atoms with E-state index in [9.17, 15) is 9.50 Å². The fourth-order valence-electron chi connectivity index (χ4n) is 1.95. The molecule has 4 nitrogen and oxygen atoms in total. The number of aromatic nitrogens is 2. The predicted molar refractivity (Wildman–Crippen MR) is 78.8 cm³/mol. The highest BCUT2D eigenvalue weighted by Gasteiger charge is 2.11. The van der Waals surface area contributed by atoms with Gasteiger partial charge in [-0.1, -0.05) is 11.3 Å². The highest BCUT2D eigenvalue weighted by Crippen LogP contribution is 2.34.